The molecule has 2 nitrogen and oxygen atoms in total. The molecule has 1 heterocycles. The van der Waals surface area contributed by atoms with Crippen LogP contribution in [0.15, 0.2) is 29.2 Å². The number of aryl methyl sites for hydroxylation is 1. The molecule has 1 aliphatic heterocycles. The minimum Gasteiger partial charge on any atom is -0.353 e. The molecule has 0 saturated carbocycles. The summed E-state index contributed by atoms with van der Waals surface area (Å²) < 4.78 is 11.2. The lowest BCUT2D eigenvalue weighted by Gasteiger charge is -2.22. The van der Waals surface area contributed by atoms with Gasteiger partial charge in [0.25, 0.3) is 0 Å². The molecule has 0 N–H and O–H groups in total. The number of rotatable bonds is 7. The molecule has 2 rings (SSSR count). The lowest BCUT2D eigenvalue weighted by molar-refractivity contribution is -0.162. The quantitative estimate of drug-likeness (QED) is 0.537. The van der Waals surface area contributed by atoms with Crippen LogP contribution in [-0.4, -0.2) is 25.3 Å². The Morgan fingerprint density at radius 3 is 2.84 bits per heavy atom. The van der Waals surface area contributed by atoms with Gasteiger partial charge in [-0.1, -0.05) is 39.3 Å². The molecule has 1 aliphatic rings. The number of hydrogen-bond donors (Lipinski definition) is 0. The van der Waals surface area contributed by atoms with Crippen molar-refractivity contribution in [1.82, 2.24) is 0 Å². The van der Waals surface area contributed by atoms with Crippen LogP contribution in [0.3, 0.4) is 0 Å². The van der Waals surface area contributed by atoms with E-state index in [2.05, 4.69) is 31.2 Å². The van der Waals surface area contributed by atoms with E-state index in [4.69, 9.17) is 9.47 Å². The van der Waals surface area contributed by atoms with Gasteiger partial charge < -0.3 is 9.47 Å². The van der Waals surface area contributed by atoms with Gasteiger partial charge in [-0.2, -0.15) is 0 Å². The highest BCUT2D eigenvalue weighted by Gasteiger charge is 2.13. The minimum atomic E-state index is 0.0588. The fourth-order valence-electron chi connectivity index (χ4n) is 1.88. The molecule has 0 amide bonds. The van der Waals surface area contributed by atoms with E-state index in [1.54, 1.807) is 0 Å². The fourth-order valence-corrected chi connectivity index (χ4v) is 3.93. The fraction of sp³-hybridized carbons (Fsp3) is 0.600. The van der Waals surface area contributed by atoms with Crippen LogP contribution in [0.4, 0.5) is 0 Å². The second-order valence-corrected chi connectivity index (χ2v) is 7.23. The first kappa shape index (κ1) is 15.2. The van der Waals surface area contributed by atoms with Crippen LogP contribution >= 0.6 is 21.6 Å². The second-order valence-electron chi connectivity index (χ2n) is 4.74. The van der Waals surface area contributed by atoms with Crippen molar-refractivity contribution in [2.75, 3.05) is 19.0 Å². The third kappa shape index (κ3) is 6.21. The summed E-state index contributed by atoms with van der Waals surface area (Å²) in [6.45, 7) is 3.79. The predicted octanol–water partition coefficient (Wildman–Crippen LogP) is 4.67. The summed E-state index contributed by atoms with van der Waals surface area (Å²) in [5, 5.41) is 0. The van der Waals surface area contributed by atoms with E-state index in [1.807, 2.05) is 21.6 Å². The summed E-state index contributed by atoms with van der Waals surface area (Å²) in [5.41, 5.74) is 1.32. The van der Waals surface area contributed by atoms with Crippen LogP contribution in [0.2, 0.25) is 0 Å². The zero-order valence-electron chi connectivity index (χ0n) is 11.5. The Balaban J connectivity index is 1.49. The molecule has 1 saturated heterocycles. The topological polar surface area (TPSA) is 18.5 Å². The summed E-state index contributed by atoms with van der Waals surface area (Å²) >= 11 is 0. The highest BCUT2D eigenvalue weighted by molar-refractivity contribution is 8.76. The Labute approximate surface area is 124 Å². The van der Waals surface area contributed by atoms with Crippen molar-refractivity contribution >= 4 is 21.6 Å². The zero-order chi connectivity index (χ0) is 13.3. The zero-order valence-corrected chi connectivity index (χ0v) is 13.1. The van der Waals surface area contributed by atoms with Gasteiger partial charge in [-0.15, -0.1) is 0 Å². The van der Waals surface area contributed by atoms with E-state index in [-0.39, 0.29) is 6.29 Å². The summed E-state index contributed by atoms with van der Waals surface area (Å²) in [6, 6.07) is 8.68. The molecule has 4 heteroatoms. The van der Waals surface area contributed by atoms with E-state index in [1.165, 1.54) is 23.3 Å². The molecule has 1 fully saturated rings. The van der Waals surface area contributed by atoms with Crippen molar-refractivity contribution in [2.45, 2.75) is 43.8 Å². The largest absolute Gasteiger partial charge is 0.353 e. The van der Waals surface area contributed by atoms with E-state index >= 15 is 0 Å². The first-order valence-corrected chi connectivity index (χ1v) is 9.26. The van der Waals surface area contributed by atoms with Gasteiger partial charge in [0.2, 0.25) is 0 Å². The highest BCUT2D eigenvalue weighted by atomic mass is 33.1. The van der Waals surface area contributed by atoms with Gasteiger partial charge in [0.15, 0.2) is 6.29 Å². The minimum absolute atomic E-state index is 0.0588. The van der Waals surface area contributed by atoms with Crippen LogP contribution in [0.5, 0.6) is 0 Å². The highest BCUT2D eigenvalue weighted by Crippen LogP contribution is 2.31. The first-order valence-electron chi connectivity index (χ1n) is 6.94. The maximum Gasteiger partial charge on any atom is 0.157 e. The van der Waals surface area contributed by atoms with Crippen molar-refractivity contribution in [3.63, 3.8) is 0 Å². The molecule has 0 radical (unpaired) electrons. The molecular formula is C15H22O2S2. The van der Waals surface area contributed by atoms with Crippen molar-refractivity contribution < 1.29 is 9.47 Å². The first-order chi connectivity index (χ1) is 9.34. The average molecular weight is 298 g/mol. The van der Waals surface area contributed by atoms with Gasteiger partial charge in [0, 0.05) is 17.3 Å². The molecule has 1 aromatic carbocycles. The molecule has 0 aliphatic carbocycles. The Bertz CT molecular complexity index is 348. The number of ether oxygens (including phenoxy) is 2. The van der Waals surface area contributed by atoms with E-state index in [0.717, 1.165) is 31.8 Å². The average Bonchev–Trinajstić information content (AvgIpc) is 2.46. The Hall–Kier alpha value is -0.160. The Morgan fingerprint density at radius 2 is 2.11 bits per heavy atom. The van der Waals surface area contributed by atoms with Crippen molar-refractivity contribution in [3.8, 4) is 0 Å². The van der Waals surface area contributed by atoms with Gasteiger partial charge in [-0.3, -0.25) is 0 Å². The molecule has 1 atom stereocenters. The van der Waals surface area contributed by atoms with Crippen LogP contribution in [0, 0.1) is 6.92 Å². The predicted molar refractivity (Wildman–Crippen MR) is 83.7 cm³/mol. The van der Waals surface area contributed by atoms with Gasteiger partial charge in [0.05, 0.1) is 6.61 Å². The summed E-state index contributed by atoms with van der Waals surface area (Å²) in [6.07, 6.45) is 4.63. The SMILES string of the molecule is Cc1ccc(SSCCCOC2CCCCO2)cc1. The van der Waals surface area contributed by atoms with Gasteiger partial charge in [-0.05, 0) is 44.7 Å². The van der Waals surface area contributed by atoms with E-state index < -0.39 is 0 Å². The normalized spacial score (nSPS) is 19.5. The molecule has 1 aromatic rings. The van der Waals surface area contributed by atoms with Crippen LogP contribution in [0.1, 0.15) is 31.2 Å². The van der Waals surface area contributed by atoms with Crippen molar-refractivity contribution in [1.29, 1.82) is 0 Å². The van der Waals surface area contributed by atoms with Gasteiger partial charge in [-0.25, -0.2) is 0 Å². The lowest BCUT2D eigenvalue weighted by atomic mass is 10.2. The van der Waals surface area contributed by atoms with Gasteiger partial charge >= 0.3 is 0 Å². The molecule has 0 bridgehead atoms. The maximum absolute atomic E-state index is 5.71. The molecule has 1 unspecified atom stereocenters. The Morgan fingerprint density at radius 1 is 1.26 bits per heavy atom. The number of benzene rings is 1. The molecule has 106 valence electrons. The smallest absolute Gasteiger partial charge is 0.157 e. The van der Waals surface area contributed by atoms with Crippen LogP contribution < -0.4 is 0 Å². The van der Waals surface area contributed by atoms with Crippen LogP contribution in [-0.2, 0) is 9.47 Å². The summed E-state index contributed by atoms with van der Waals surface area (Å²) in [7, 11) is 3.74. The molecular weight excluding hydrogens is 276 g/mol. The van der Waals surface area contributed by atoms with Crippen molar-refractivity contribution in [3.05, 3.63) is 29.8 Å². The lowest BCUT2D eigenvalue weighted by Crippen LogP contribution is -2.22. The second kappa shape index (κ2) is 8.90. The van der Waals surface area contributed by atoms with E-state index in [9.17, 15) is 0 Å². The monoisotopic (exact) mass is 298 g/mol. The van der Waals surface area contributed by atoms with Crippen LogP contribution in [0.25, 0.3) is 0 Å². The molecule has 19 heavy (non-hydrogen) atoms. The summed E-state index contributed by atoms with van der Waals surface area (Å²) in [5.74, 6) is 1.12. The molecule has 0 spiro atoms. The third-order valence-electron chi connectivity index (χ3n) is 2.99. The van der Waals surface area contributed by atoms with Gasteiger partial charge in [0.1, 0.15) is 0 Å². The van der Waals surface area contributed by atoms with Crippen molar-refractivity contribution in [2.24, 2.45) is 0 Å². The maximum atomic E-state index is 5.71. The number of hydrogen-bond acceptors (Lipinski definition) is 4. The van der Waals surface area contributed by atoms with E-state index in [0.29, 0.717) is 0 Å². The molecule has 0 aromatic heterocycles. The third-order valence-corrected chi connectivity index (χ3v) is 5.46. The summed E-state index contributed by atoms with van der Waals surface area (Å²) in [4.78, 5) is 1.33. The Kier molecular flexibility index (Phi) is 7.14. The standard InChI is InChI=1S/C15H22O2S2/c1-13-6-8-14(9-7-13)19-18-12-4-11-17-15-5-2-3-10-16-15/h6-9,15H,2-5,10-12H2,1H3.